The smallest absolute Gasteiger partial charge is 0.269 e. The Balaban J connectivity index is 1.91. The largest absolute Gasteiger partial charge is 0.324 e. The fraction of sp³-hybridized carbons (Fsp3) is 0.133. The van der Waals surface area contributed by atoms with Crippen molar-refractivity contribution in [1.29, 1.82) is 0 Å². The quantitative estimate of drug-likeness (QED) is 0.474. The Morgan fingerprint density at radius 2 is 1.95 bits per heavy atom. The molecule has 1 N–H and O–H groups in total. The topological polar surface area (TPSA) is 72.2 Å². The molecule has 0 fully saturated rings. The van der Waals surface area contributed by atoms with Gasteiger partial charge in [-0.3, -0.25) is 14.9 Å². The average Bonchev–Trinajstić information content (AvgIpc) is 2.48. The summed E-state index contributed by atoms with van der Waals surface area (Å²) in [6.07, 6.45) is 0. The number of anilines is 1. The third-order valence-corrected chi connectivity index (χ3v) is 4.48. The van der Waals surface area contributed by atoms with Crippen molar-refractivity contribution in [3.63, 3.8) is 0 Å². The van der Waals surface area contributed by atoms with E-state index in [0.29, 0.717) is 0 Å². The molecular weight excluding hydrogens is 368 g/mol. The SMILES string of the molecule is Cc1ccc(NC(=O)CSc2ccc([N+](=O)[O-])cc2)c(Br)c1. The van der Waals surface area contributed by atoms with Crippen molar-refractivity contribution < 1.29 is 9.72 Å². The van der Waals surface area contributed by atoms with E-state index in [1.54, 1.807) is 12.1 Å². The van der Waals surface area contributed by atoms with Gasteiger partial charge in [0, 0.05) is 21.5 Å². The van der Waals surface area contributed by atoms with Gasteiger partial charge in [0.05, 0.1) is 16.4 Å². The highest BCUT2D eigenvalue weighted by atomic mass is 79.9. The van der Waals surface area contributed by atoms with Gasteiger partial charge in [0.15, 0.2) is 0 Å². The molecule has 0 atom stereocenters. The zero-order valence-electron chi connectivity index (χ0n) is 11.7. The molecule has 0 spiro atoms. The predicted molar refractivity (Wildman–Crippen MR) is 91.3 cm³/mol. The molecule has 114 valence electrons. The first-order valence-corrected chi connectivity index (χ1v) is 8.17. The summed E-state index contributed by atoms with van der Waals surface area (Å²) in [7, 11) is 0. The van der Waals surface area contributed by atoms with Gasteiger partial charge in [-0.25, -0.2) is 0 Å². The second-order valence-corrected chi connectivity index (χ2v) is 6.47. The minimum Gasteiger partial charge on any atom is -0.324 e. The molecule has 0 saturated carbocycles. The van der Waals surface area contributed by atoms with E-state index < -0.39 is 4.92 Å². The van der Waals surface area contributed by atoms with Crippen molar-refractivity contribution in [2.24, 2.45) is 0 Å². The van der Waals surface area contributed by atoms with Gasteiger partial charge in [0.1, 0.15) is 0 Å². The normalized spacial score (nSPS) is 10.3. The van der Waals surface area contributed by atoms with Gasteiger partial charge in [-0.1, -0.05) is 6.07 Å². The molecule has 0 unspecified atom stereocenters. The number of thioether (sulfide) groups is 1. The number of aryl methyl sites for hydroxylation is 1. The van der Waals surface area contributed by atoms with E-state index in [1.165, 1.54) is 23.9 Å². The van der Waals surface area contributed by atoms with Crippen LogP contribution in [0.25, 0.3) is 0 Å². The monoisotopic (exact) mass is 380 g/mol. The Bertz CT molecular complexity index is 704. The lowest BCUT2D eigenvalue weighted by molar-refractivity contribution is -0.384. The maximum absolute atomic E-state index is 11.9. The number of hydrogen-bond donors (Lipinski definition) is 1. The maximum Gasteiger partial charge on any atom is 0.269 e. The number of benzene rings is 2. The molecule has 0 aliphatic carbocycles. The van der Waals surface area contributed by atoms with E-state index in [2.05, 4.69) is 21.2 Å². The van der Waals surface area contributed by atoms with Crippen LogP contribution in [-0.2, 0) is 4.79 Å². The summed E-state index contributed by atoms with van der Waals surface area (Å²) < 4.78 is 0.834. The highest BCUT2D eigenvalue weighted by Gasteiger charge is 2.08. The molecule has 0 radical (unpaired) electrons. The minimum absolute atomic E-state index is 0.0392. The molecule has 0 heterocycles. The zero-order chi connectivity index (χ0) is 16.1. The number of nitrogens with one attached hydrogen (secondary N) is 1. The van der Waals surface area contributed by atoms with Crippen molar-refractivity contribution >= 4 is 45.0 Å². The second-order valence-electron chi connectivity index (χ2n) is 4.57. The minimum atomic E-state index is -0.448. The number of carbonyl (C=O) groups excluding carboxylic acids is 1. The first-order valence-electron chi connectivity index (χ1n) is 6.39. The van der Waals surface area contributed by atoms with Crippen LogP contribution in [-0.4, -0.2) is 16.6 Å². The summed E-state index contributed by atoms with van der Waals surface area (Å²) in [5.41, 5.74) is 1.86. The molecule has 0 bridgehead atoms. The third kappa shape index (κ3) is 4.57. The molecule has 1 amide bonds. The highest BCUT2D eigenvalue weighted by Crippen LogP contribution is 2.25. The van der Waals surface area contributed by atoms with Gasteiger partial charge in [-0.2, -0.15) is 0 Å². The lowest BCUT2D eigenvalue weighted by atomic mass is 10.2. The summed E-state index contributed by atoms with van der Waals surface area (Å²) in [4.78, 5) is 22.9. The Hall–Kier alpha value is -1.86. The number of hydrogen-bond acceptors (Lipinski definition) is 4. The Kier molecular flexibility index (Phi) is 5.57. The summed E-state index contributed by atoms with van der Waals surface area (Å²) in [6, 6.07) is 11.8. The molecule has 0 aliphatic rings. The van der Waals surface area contributed by atoms with E-state index in [0.717, 1.165) is 20.6 Å². The van der Waals surface area contributed by atoms with E-state index >= 15 is 0 Å². The summed E-state index contributed by atoms with van der Waals surface area (Å²) in [5.74, 6) is 0.103. The van der Waals surface area contributed by atoms with Crippen LogP contribution in [0, 0.1) is 17.0 Å². The first-order chi connectivity index (χ1) is 10.5. The van der Waals surface area contributed by atoms with Gasteiger partial charge in [0.25, 0.3) is 5.69 Å². The second kappa shape index (κ2) is 7.42. The van der Waals surface area contributed by atoms with Crippen LogP contribution >= 0.6 is 27.7 Å². The number of rotatable bonds is 5. The van der Waals surface area contributed by atoms with Crippen LogP contribution in [0.5, 0.6) is 0 Å². The average molecular weight is 381 g/mol. The van der Waals surface area contributed by atoms with Crippen molar-refractivity contribution in [2.75, 3.05) is 11.1 Å². The lowest BCUT2D eigenvalue weighted by Gasteiger charge is -2.08. The summed E-state index contributed by atoms with van der Waals surface area (Å²) in [6.45, 7) is 1.97. The van der Waals surface area contributed by atoms with E-state index in [9.17, 15) is 14.9 Å². The maximum atomic E-state index is 11.9. The van der Waals surface area contributed by atoms with Gasteiger partial charge < -0.3 is 5.32 Å². The van der Waals surface area contributed by atoms with Gasteiger partial charge in [-0.15, -0.1) is 11.8 Å². The van der Waals surface area contributed by atoms with Crippen LogP contribution in [0.15, 0.2) is 51.8 Å². The number of carbonyl (C=O) groups is 1. The van der Waals surface area contributed by atoms with Gasteiger partial charge in [-0.05, 0) is 52.7 Å². The number of non-ortho nitro benzene ring substituents is 1. The molecule has 0 aromatic heterocycles. The number of nitrogens with zero attached hydrogens (tertiary/aromatic N) is 1. The number of halogens is 1. The fourth-order valence-corrected chi connectivity index (χ4v) is 3.01. The molecule has 2 aromatic carbocycles. The van der Waals surface area contributed by atoms with Crippen LogP contribution < -0.4 is 5.32 Å². The van der Waals surface area contributed by atoms with Crippen molar-refractivity contribution in [1.82, 2.24) is 0 Å². The molecule has 7 heteroatoms. The Morgan fingerprint density at radius 3 is 2.55 bits per heavy atom. The van der Waals surface area contributed by atoms with Crippen LogP contribution in [0.3, 0.4) is 0 Å². The molecule has 2 aromatic rings. The summed E-state index contributed by atoms with van der Waals surface area (Å²) in [5, 5.41) is 13.4. The summed E-state index contributed by atoms with van der Waals surface area (Å²) >= 11 is 4.74. The number of amides is 1. The fourth-order valence-electron chi connectivity index (χ4n) is 1.72. The highest BCUT2D eigenvalue weighted by molar-refractivity contribution is 9.10. The lowest BCUT2D eigenvalue weighted by Crippen LogP contribution is -2.14. The van der Waals surface area contributed by atoms with Crippen LogP contribution in [0.4, 0.5) is 11.4 Å². The Labute approximate surface area is 140 Å². The number of nitro groups is 1. The Morgan fingerprint density at radius 1 is 1.27 bits per heavy atom. The zero-order valence-corrected chi connectivity index (χ0v) is 14.1. The molecular formula is C15H13BrN2O3S. The number of nitro benzene ring substituents is 1. The molecule has 2 rings (SSSR count). The van der Waals surface area contributed by atoms with Crippen molar-refractivity contribution in [2.45, 2.75) is 11.8 Å². The molecule has 22 heavy (non-hydrogen) atoms. The van der Waals surface area contributed by atoms with Gasteiger partial charge >= 0.3 is 0 Å². The van der Waals surface area contributed by atoms with Gasteiger partial charge in [0.2, 0.25) is 5.91 Å². The molecule has 0 aliphatic heterocycles. The van der Waals surface area contributed by atoms with Crippen molar-refractivity contribution in [3.05, 3.63) is 62.6 Å². The van der Waals surface area contributed by atoms with Crippen LogP contribution in [0.1, 0.15) is 5.56 Å². The van der Waals surface area contributed by atoms with Crippen LogP contribution in [0.2, 0.25) is 0 Å². The first kappa shape index (κ1) is 16.5. The van der Waals surface area contributed by atoms with E-state index in [-0.39, 0.29) is 17.3 Å². The van der Waals surface area contributed by atoms with E-state index in [4.69, 9.17) is 0 Å². The predicted octanol–water partition coefficient (Wildman–Crippen LogP) is 4.40. The molecule has 0 saturated heterocycles. The van der Waals surface area contributed by atoms with Crippen molar-refractivity contribution in [3.8, 4) is 0 Å². The van der Waals surface area contributed by atoms with E-state index in [1.807, 2.05) is 25.1 Å². The third-order valence-electron chi connectivity index (χ3n) is 2.82. The standard InChI is InChI=1S/C15H13BrN2O3S/c1-10-2-7-14(13(16)8-10)17-15(19)9-22-12-5-3-11(4-6-12)18(20)21/h2-8H,9H2,1H3,(H,17,19). The molecule has 5 nitrogen and oxygen atoms in total.